The van der Waals surface area contributed by atoms with Crippen LogP contribution in [0, 0.1) is 0 Å². The van der Waals surface area contributed by atoms with Gasteiger partial charge in [-0.15, -0.1) is 0 Å². The molecule has 1 rings (SSSR count). The van der Waals surface area contributed by atoms with Crippen molar-refractivity contribution in [1.29, 1.82) is 0 Å². The lowest BCUT2D eigenvalue weighted by atomic mass is 10.2. The van der Waals surface area contributed by atoms with E-state index in [1.54, 1.807) is 0 Å². The SMILES string of the molecule is CCNCc1cccc(Cl)c1OCCN(C)C. The van der Waals surface area contributed by atoms with Gasteiger partial charge in [0.15, 0.2) is 0 Å². The van der Waals surface area contributed by atoms with Crippen LogP contribution < -0.4 is 10.1 Å². The first-order valence-corrected chi connectivity index (χ1v) is 6.28. The van der Waals surface area contributed by atoms with Crippen LogP contribution in [0.4, 0.5) is 0 Å². The van der Waals surface area contributed by atoms with Gasteiger partial charge in [-0.2, -0.15) is 0 Å². The van der Waals surface area contributed by atoms with Crippen molar-refractivity contribution in [1.82, 2.24) is 10.2 Å². The predicted octanol–water partition coefficient (Wildman–Crippen LogP) is 2.39. The molecule has 0 aliphatic rings. The van der Waals surface area contributed by atoms with Gasteiger partial charge in [0.1, 0.15) is 12.4 Å². The number of likely N-dealkylation sites (N-methyl/N-ethyl adjacent to an activating group) is 1. The fourth-order valence-corrected chi connectivity index (χ4v) is 1.69. The summed E-state index contributed by atoms with van der Waals surface area (Å²) in [6, 6.07) is 5.86. The molecule has 0 bridgehead atoms. The Labute approximate surface area is 109 Å². The molecule has 0 amide bonds. The fourth-order valence-electron chi connectivity index (χ4n) is 1.44. The summed E-state index contributed by atoms with van der Waals surface area (Å²) in [5.41, 5.74) is 1.11. The van der Waals surface area contributed by atoms with Gasteiger partial charge in [-0.25, -0.2) is 0 Å². The summed E-state index contributed by atoms with van der Waals surface area (Å²) in [4.78, 5) is 2.08. The summed E-state index contributed by atoms with van der Waals surface area (Å²) in [5, 5.41) is 3.96. The van der Waals surface area contributed by atoms with Crippen LogP contribution in [-0.4, -0.2) is 38.7 Å². The van der Waals surface area contributed by atoms with E-state index in [4.69, 9.17) is 16.3 Å². The number of nitrogens with one attached hydrogen (secondary N) is 1. The lowest BCUT2D eigenvalue weighted by molar-refractivity contribution is 0.259. The van der Waals surface area contributed by atoms with Gasteiger partial charge >= 0.3 is 0 Å². The standard InChI is InChI=1S/C13H21ClN2O/c1-4-15-10-11-6-5-7-12(14)13(11)17-9-8-16(2)3/h5-7,15H,4,8-10H2,1-3H3. The molecule has 96 valence electrons. The summed E-state index contributed by atoms with van der Waals surface area (Å²) in [5.74, 6) is 0.803. The maximum Gasteiger partial charge on any atom is 0.142 e. The highest BCUT2D eigenvalue weighted by molar-refractivity contribution is 6.32. The Balaban J connectivity index is 2.66. The smallest absolute Gasteiger partial charge is 0.142 e. The molecule has 17 heavy (non-hydrogen) atoms. The minimum absolute atomic E-state index is 0.649. The van der Waals surface area contributed by atoms with E-state index in [9.17, 15) is 0 Å². The van der Waals surface area contributed by atoms with Crippen LogP contribution >= 0.6 is 11.6 Å². The van der Waals surface area contributed by atoms with Crippen molar-refractivity contribution in [3.05, 3.63) is 28.8 Å². The molecule has 0 saturated carbocycles. The maximum absolute atomic E-state index is 6.16. The van der Waals surface area contributed by atoms with E-state index in [0.29, 0.717) is 11.6 Å². The summed E-state index contributed by atoms with van der Waals surface area (Å²) < 4.78 is 5.76. The van der Waals surface area contributed by atoms with E-state index in [1.165, 1.54) is 0 Å². The Morgan fingerprint density at radius 2 is 2.12 bits per heavy atom. The Hall–Kier alpha value is -0.770. The van der Waals surface area contributed by atoms with Gasteiger partial charge in [0.05, 0.1) is 5.02 Å². The van der Waals surface area contributed by atoms with Gasteiger partial charge in [-0.3, -0.25) is 0 Å². The molecule has 1 aromatic carbocycles. The zero-order chi connectivity index (χ0) is 12.7. The van der Waals surface area contributed by atoms with E-state index < -0.39 is 0 Å². The molecule has 0 saturated heterocycles. The third kappa shape index (κ3) is 4.94. The van der Waals surface area contributed by atoms with Gasteiger partial charge in [0.25, 0.3) is 0 Å². The second-order valence-electron chi connectivity index (χ2n) is 4.16. The lowest BCUT2D eigenvalue weighted by Gasteiger charge is -2.15. The molecule has 0 aliphatic carbocycles. The molecule has 1 aromatic rings. The molecule has 0 spiro atoms. The normalized spacial score (nSPS) is 10.9. The van der Waals surface area contributed by atoms with E-state index in [2.05, 4.69) is 17.1 Å². The lowest BCUT2D eigenvalue weighted by Crippen LogP contribution is -2.20. The fraction of sp³-hybridized carbons (Fsp3) is 0.538. The molecule has 0 unspecified atom stereocenters. The predicted molar refractivity (Wildman–Crippen MR) is 72.9 cm³/mol. The first kappa shape index (κ1) is 14.3. The largest absolute Gasteiger partial charge is 0.490 e. The Morgan fingerprint density at radius 3 is 2.76 bits per heavy atom. The summed E-state index contributed by atoms with van der Waals surface area (Å²) >= 11 is 6.16. The quantitative estimate of drug-likeness (QED) is 0.811. The number of hydrogen-bond donors (Lipinski definition) is 1. The molecule has 0 atom stereocenters. The highest BCUT2D eigenvalue weighted by atomic mass is 35.5. The summed E-state index contributed by atoms with van der Waals surface area (Å²) in [6.45, 7) is 5.33. The van der Waals surface area contributed by atoms with Gasteiger partial charge in [0, 0.05) is 18.7 Å². The molecule has 3 nitrogen and oxygen atoms in total. The van der Waals surface area contributed by atoms with Crippen LogP contribution in [0.1, 0.15) is 12.5 Å². The first-order chi connectivity index (χ1) is 8.15. The van der Waals surface area contributed by atoms with Gasteiger partial charge in [-0.1, -0.05) is 30.7 Å². The van der Waals surface area contributed by atoms with Gasteiger partial charge in [-0.05, 0) is 26.7 Å². The van der Waals surface area contributed by atoms with Gasteiger partial charge in [0.2, 0.25) is 0 Å². The minimum Gasteiger partial charge on any atom is -0.490 e. The third-order valence-corrected chi connectivity index (χ3v) is 2.70. The average Bonchev–Trinajstić information content (AvgIpc) is 2.29. The monoisotopic (exact) mass is 256 g/mol. The van der Waals surface area contributed by atoms with E-state index in [1.807, 2.05) is 32.3 Å². The van der Waals surface area contributed by atoms with E-state index >= 15 is 0 Å². The second-order valence-corrected chi connectivity index (χ2v) is 4.57. The molecular formula is C13H21ClN2O. The zero-order valence-corrected chi connectivity index (χ0v) is 11.5. The topological polar surface area (TPSA) is 24.5 Å². The number of para-hydroxylation sites is 1. The van der Waals surface area contributed by atoms with Crippen LogP contribution in [-0.2, 0) is 6.54 Å². The molecule has 4 heteroatoms. The zero-order valence-electron chi connectivity index (χ0n) is 10.8. The molecule has 0 aromatic heterocycles. The van der Waals surface area contributed by atoms with Crippen molar-refractivity contribution < 1.29 is 4.74 Å². The van der Waals surface area contributed by atoms with Crippen molar-refractivity contribution in [2.24, 2.45) is 0 Å². The van der Waals surface area contributed by atoms with Crippen LogP contribution in [0.25, 0.3) is 0 Å². The molecule has 0 fully saturated rings. The third-order valence-electron chi connectivity index (χ3n) is 2.40. The summed E-state index contributed by atoms with van der Waals surface area (Å²) in [6.07, 6.45) is 0. The number of ether oxygens (including phenoxy) is 1. The maximum atomic E-state index is 6.16. The number of hydrogen-bond acceptors (Lipinski definition) is 3. The Kier molecular flexibility index (Phi) is 6.34. The number of halogens is 1. The highest BCUT2D eigenvalue weighted by Gasteiger charge is 2.07. The van der Waals surface area contributed by atoms with Crippen LogP contribution in [0.3, 0.4) is 0 Å². The van der Waals surface area contributed by atoms with Crippen molar-refractivity contribution in [3.8, 4) is 5.75 Å². The van der Waals surface area contributed by atoms with Crippen LogP contribution in [0.2, 0.25) is 5.02 Å². The molecule has 0 aliphatic heterocycles. The second kappa shape index (κ2) is 7.54. The number of rotatable bonds is 7. The van der Waals surface area contributed by atoms with Crippen molar-refractivity contribution in [2.75, 3.05) is 33.8 Å². The van der Waals surface area contributed by atoms with E-state index in [-0.39, 0.29) is 0 Å². The average molecular weight is 257 g/mol. The van der Waals surface area contributed by atoms with Crippen molar-refractivity contribution in [2.45, 2.75) is 13.5 Å². The Morgan fingerprint density at radius 1 is 1.35 bits per heavy atom. The molecular weight excluding hydrogens is 236 g/mol. The van der Waals surface area contributed by atoms with Crippen molar-refractivity contribution in [3.63, 3.8) is 0 Å². The summed E-state index contributed by atoms with van der Waals surface area (Å²) in [7, 11) is 4.05. The molecule has 0 heterocycles. The van der Waals surface area contributed by atoms with E-state index in [0.717, 1.165) is 30.9 Å². The highest BCUT2D eigenvalue weighted by Crippen LogP contribution is 2.28. The Bertz CT molecular complexity index is 342. The van der Waals surface area contributed by atoms with Crippen molar-refractivity contribution >= 4 is 11.6 Å². The van der Waals surface area contributed by atoms with Crippen LogP contribution in [0.5, 0.6) is 5.75 Å². The molecule has 1 N–H and O–H groups in total. The number of nitrogens with zero attached hydrogens (tertiary/aromatic N) is 1. The van der Waals surface area contributed by atoms with Crippen LogP contribution in [0.15, 0.2) is 18.2 Å². The minimum atomic E-state index is 0.649. The number of benzene rings is 1. The van der Waals surface area contributed by atoms with Gasteiger partial charge < -0.3 is 15.0 Å². The molecule has 0 radical (unpaired) electrons. The first-order valence-electron chi connectivity index (χ1n) is 5.90.